The molecule has 0 unspecified atom stereocenters. The van der Waals surface area contributed by atoms with Gasteiger partial charge in [0.1, 0.15) is 0 Å². The van der Waals surface area contributed by atoms with Gasteiger partial charge in [0.15, 0.2) is 0 Å². The number of unbranched alkanes of at least 4 members (excludes halogenated alkanes) is 7. The van der Waals surface area contributed by atoms with Crippen molar-refractivity contribution in [3.05, 3.63) is 11.6 Å². The van der Waals surface area contributed by atoms with Crippen LogP contribution in [0.25, 0.3) is 0 Å². The van der Waals surface area contributed by atoms with Gasteiger partial charge >= 0.3 is 5.97 Å². The molecule has 0 radical (unpaired) electrons. The summed E-state index contributed by atoms with van der Waals surface area (Å²) in [6, 6.07) is 0. The van der Waals surface area contributed by atoms with Crippen LogP contribution in [-0.2, 0) is 9.53 Å². The molecule has 0 aromatic carbocycles. The number of hydrogen-bond acceptors (Lipinski definition) is 2. The molecule has 0 saturated carbocycles. The first-order chi connectivity index (χ1) is 7.72. The normalized spacial score (nSPS) is 11.6. The van der Waals surface area contributed by atoms with Crippen LogP contribution in [0.4, 0.5) is 0 Å². The minimum Gasteiger partial charge on any atom is -0.466 e. The number of esters is 1. The van der Waals surface area contributed by atoms with Crippen molar-refractivity contribution in [1.29, 1.82) is 0 Å². The van der Waals surface area contributed by atoms with Crippen LogP contribution < -0.4 is 0 Å². The molecule has 0 aliphatic rings. The van der Waals surface area contributed by atoms with Crippen LogP contribution in [0, 0.1) is 0 Å². The molecular formula is C14H26O2. The maximum atomic E-state index is 11.1. The molecular weight excluding hydrogens is 200 g/mol. The molecule has 0 saturated heterocycles. The van der Waals surface area contributed by atoms with Gasteiger partial charge in [-0.15, -0.1) is 0 Å². The molecule has 2 nitrogen and oxygen atoms in total. The van der Waals surface area contributed by atoms with E-state index < -0.39 is 0 Å². The van der Waals surface area contributed by atoms with E-state index in [0.29, 0.717) is 0 Å². The Balaban J connectivity index is 3.35. The van der Waals surface area contributed by atoms with Crippen molar-refractivity contribution < 1.29 is 9.53 Å². The minimum atomic E-state index is -0.206. The zero-order chi connectivity index (χ0) is 12.2. The maximum Gasteiger partial charge on any atom is 0.333 e. The Morgan fingerprint density at radius 3 is 2.19 bits per heavy atom. The Bertz CT molecular complexity index is 207. The van der Waals surface area contributed by atoms with E-state index in [1.807, 2.05) is 13.0 Å². The summed E-state index contributed by atoms with van der Waals surface area (Å²) in [5, 5.41) is 0. The lowest BCUT2D eigenvalue weighted by molar-refractivity contribution is -0.136. The number of ether oxygens (including phenoxy) is 1. The van der Waals surface area contributed by atoms with E-state index in [0.717, 1.165) is 12.0 Å². The lowest BCUT2D eigenvalue weighted by atomic mass is 10.1. The van der Waals surface area contributed by atoms with Crippen LogP contribution in [0.3, 0.4) is 0 Å². The van der Waals surface area contributed by atoms with Gasteiger partial charge in [-0.1, -0.05) is 51.5 Å². The van der Waals surface area contributed by atoms with Crippen molar-refractivity contribution >= 4 is 5.97 Å². The van der Waals surface area contributed by atoms with E-state index >= 15 is 0 Å². The van der Waals surface area contributed by atoms with Gasteiger partial charge in [-0.25, -0.2) is 4.79 Å². The number of rotatable bonds is 9. The monoisotopic (exact) mass is 226 g/mol. The molecule has 0 aliphatic carbocycles. The number of hydrogen-bond donors (Lipinski definition) is 0. The van der Waals surface area contributed by atoms with E-state index in [4.69, 9.17) is 0 Å². The smallest absolute Gasteiger partial charge is 0.333 e. The van der Waals surface area contributed by atoms with E-state index in [9.17, 15) is 4.79 Å². The maximum absolute atomic E-state index is 11.1. The highest BCUT2D eigenvalue weighted by molar-refractivity contribution is 5.87. The molecule has 0 N–H and O–H groups in total. The lowest BCUT2D eigenvalue weighted by Crippen LogP contribution is -2.01. The molecule has 0 spiro atoms. The second-order valence-electron chi connectivity index (χ2n) is 4.29. The highest BCUT2D eigenvalue weighted by Crippen LogP contribution is 2.09. The number of allylic oxidation sites excluding steroid dienone is 1. The average Bonchev–Trinajstić information content (AvgIpc) is 2.31. The fraction of sp³-hybridized carbons (Fsp3) is 0.786. The molecule has 0 amide bonds. The van der Waals surface area contributed by atoms with Gasteiger partial charge in [0.2, 0.25) is 0 Å². The molecule has 0 heterocycles. The van der Waals surface area contributed by atoms with Gasteiger partial charge in [-0.05, 0) is 19.8 Å². The minimum absolute atomic E-state index is 0.206. The molecule has 0 fully saturated rings. The van der Waals surface area contributed by atoms with Crippen molar-refractivity contribution in [2.24, 2.45) is 0 Å². The highest BCUT2D eigenvalue weighted by atomic mass is 16.5. The van der Waals surface area contributed by atoms with E-state index in [1.165, 1.54) is 52.1 Å². The zero-order valence-electron chi connectivity index (χ0n) is 11.1. The predicted octanol–water partition coefficient (Wildman–Crippen LogP) is 4.25. The zero-order valence-corrected chi connectivity index (χ0v) is 11.1. The fourth-order valence-electron chi connectivity index (χ4n) is 1.66. The quantitative estimate of drug-likeness (QED) is 0.334. The molecule has 0 aromatic heterocycles. The van der Waals surface area contributed by atoms with Crippen molar-refractivity contribution in [3.63, 3.8) is 0 Å². The third-order valence-corrected chi connectivity index (χ3v) is 2.77. The van der Waals surface area contributed by atoms with Gasteiger partial charge in [-0.2, -0.15) is 0 Å². The van der Waals surface area contributed by atoms with Crippen LogP contribution in [0.15, 0.2) is 11.6 Å². The summed E-state index contributed by atoms with van der Waals surface area (Å²) in [5.74, 6) is -0.206. The van der Waals surface area contributed by atoms with Crippen molar-refractivity contribution in [2.75, 3.05) is 7.11 Å². The first-order valence-corrected chi connectivity index (χ1v) is 6.47. The highest BCUT2D eigenvalue weighted by Gasteiger charge is 2.00. The van der Waals surface area contributed by atoms with E-state index in [2.05, 4.69) is 11.7 Å². The lowest BCUT2D eigenvalue weighted by Gasteiger charge is -2.00. The van der Waals surface area contributed by atoms with Gasteiger partial charge in [-0.3, -0.25) is 0 Å². The van der Waals surface area contributed by atoms with Gasteiger partial charge in [0.05, 0.1) is 7.11 Å². The van der Waals surface area contributed by atoms with Crippen LogP contribution >= 0.6 is 0 Å². The molecule has 16 heavy (non-hydrogen) atoms. The summed E-state index contributed by atoms with van der Waals surface area (Å²) < 4.78 is 4.63. The molecule has 0 atom stereocenters. The summed E-state index contributed by atoms with van der Waals surface area (Å²) in [7, 11) is 1.42. The summed E-state index contributed by atoms with van der Waals surface area (Å²) in [4.78, 5) is 11.1. The third kappa shape index (κ3) is 8.51. The van der Waals surface area contributed by atoms with Crippen molar-refractivity contribution in [3.8, 4) is 0 Å². The Labute approximate surface area is 100 Å². The third-order valence-electron chi connectivity index (χ3n) is 2.77. The largest absolute Gasteiger partial charge is 0.466 e. The SMILES string of the molecule is CCCCCCCCCC=C(C)C(=O)OC. The first-order valence-electron chi connectivity index (χ1n) is 6.47. The van der Waals surface area contributed by atoms with E-state index in [1.54, 1.807) is 0 Å². The molecule has 0 bridgehead atoms. The van der Waals surface area contributed by atoms with Crippen LogP contribution in [0.5, 0.6) is 0 Å². The standard InChI is InChI=1S/C14H26O2/c1-4-5-6-7-8-9-10-11-12-13(2)14(15)16-3/h12H,4-11H2,1-3H3. The Morgan fingerprint density at radius 1 is 1.06 bits per heavy atom. The Morgan fingerprint density at radius 2 is 1.62 bits per heavy atom. The fourth-order valence-corrected chi connectivity index (χ4v) is 1.66. The van der Waals surface area contributed by atoms with Crippen LogP contribution in [-0.4, -0.2) is 13.1 Å². The summed E-state index contributed by atoms with van der Waals surface area (Å²) in [5.41, 5.74) is 0.730. The molecule has 0 rings (SSSR count). The average molecular weight is 226 g/mol. The molecule has 94 valence electrons. The number of carbonyl (C=O) groups is 1. The van der Waals surface area contributed by atoms with Gasteiger partial charge in [0, 0.05) is 5.57 Å². The Hall–Kier alpha value is -0.790. The van der Waals surface area contributed by atoms with Gasteiger partial charge in [0.25, 0.3) is 0 Å². The second-order valence-corrected chi connectivity index (χ2v) is 4.29. The van der Waals surface area contributed by atoms with Crippen LogP contribution in [0.1, 0.15) is 65.2 Å². The number of carbonyl (C=O) groups excluding carboxylic acids is 1. The Kier molecular flexibility index (Phi) is 10.2. The van der Waals surface area contributed by atoms with Gasteiger partial charge < -0.3 is 4.74 Å². The molecule has 2 heteroatoms. The van der Waals surface area contributed by atoms with Crippen molar-refractivity contribution in [1.82, 2.24) is 0 Å². The molecule has 0 aromatic rings. The summed E-state index contributed by atoms with van der Waals surface area (Å²) in [6.07, 6.45) is 12.1. The topological polar surface area (TPSA) is 26.3 Å². The summed E-state index contributed by atoms with van der Waals surface area (Å²) >= 11 is 0. The number of methoxy groups -OCH3 is 1. The van der Waals surface area contributed by atoms with E-state index in [-0.39, 0.29) is 5.97 Å². The molecule has 0 aliphatic heterocycles. The second kappa shape index (κ2) is 10.7. The predicted molar refractivity (Wildman–Crippen MR) is 68.4 cm³/mol. The van der Waals surface area contributed by atoms with Crippen LogP contribution in [0.2, 0.25) is 0 Å². The first kappa shape index (κ1) is 15.2. The van der Waals surface area contributed by atoms with Crippen molar-refractivity contribution in [2.45, 2.75) is 65.2 Å². The summed E-state index contributed by atoms with van der Waals surface area (Å²) in [6.45, 7) is 4.05.